The number of carbonyl (C=O) groups excluding carboxylic acids is 1. The van der Waals surface area contributed by atoms with Crippen LogP contribution in [0.5, 0.6) is 0 Å². The Morgan fingerprint density at radius 3 is 2.85 bits per heavy atom. The summed E-state index contributed by atoms with van der Waals surface area (Å²) in [6.45, 7) is 0.728. The Bertz CT molecular complexity index is 963. The van der Waals surface area contributed by atoms with Gasteiger partial charge >= 0.3 is 0 Å². The minimum Gasteiger partial charge on any atom is -0.340 e. The minimum atomic E-state index is -0.0287. The number of halogens is 2. The summed E-state index contributed by atoms with van der Waals surface area (Å²) in [6, 6.07) is 13.2. The number of likely N-dealkylation sites (tertiary alicyclic amines) is 1. The van der Waals surface area contributed by atoms with E-state index in [4.69, 9.17) is 23.2 Å². The highest BCUT2D eigenvalue weighted by Crippen LogP contribution is 2.31. The third-order valence-corrected chi connectivity index (χ3v) is 5.36. The highest BCUT2D eigenvalue weighted by molar-refractivity contribution is 6.42. The van der Waals surface area contributed by atoms with Gasteiger partial charge in [0.15, 0.2) is 0 Å². The number of H-pyrrole nitrogens is 1. The molecule has 1 aromatic heterocycles. The van der Waals surface area contributed by atoms with Gasteiger partial charge in [-0.1, -0.05) is 41.4 Å². The second-order valence-corrected chi connectivity index (χ2v) is 7.15. The Hall–Kier alpha value is -2.30. The lowest BCUT2D eigenvalue weighted by Crippen LogP contribution is -2.29. The number of hydrogen-bond acceptors (Lipinski definition) is 2. The van der Waals surface area contributed by atoms with Crippen LogP contribution in [0.4, 0.5) is 0 Å². The van der Waals surface area contributed by atoms with Gasteiger partial charge in [-0.05, 0) is 48.7 Å². The molecular formula is C20H17Cl2N3O. The molecule has 4 rings (SSSR count). The maximum atomic E-state index is 12.7. The van der Waals surface area contributed by atoms with E-state index in [-0.39, 0.29) is 11.9 Å². The topological polar surface area (TPSA) is 49.0 Å². The first-order valence-corrected chi connectivity index (χ1v) is 9.26. The molecule has 1 atom stereocenters. The molecule has 132 valence electrons. The molecule has 0 bridgehead atoms. The van der Waals surface area contributed by atoms with Crippen molar-refractivity contribution in [2.24, 2.45) is 0 Å². The van der Waals surface area contributed by atoms with Crippen molar-refractivity contribution in [2.45, 2.75) is 18.9 Å². The van der Waals surface area contributed by atoms with E-state index in [0.717, 1.165) is 41.8 Å². The van der Waals surface area contributed by atoms with Gasteiger partial charge in [0.1, 0.15) is 5.82 Å². The van der Waals surface area contributed by atoms with Gasteiger partial charge in [-0.2, -0.15) is 0 Å². The molecule has 1 amide bonds. The van der Waals surface area contributed by atoms with Crippen LogP contribution in [0.3, 0.4) is 0 Å². The van der Waals surface area contributed by atoms with Crippen molar-refractivity contribution in [3.05, 3.63) is 70.0 Å². The summed E-state index contributed by atoms with van der Waals surface area (Å²) in [7, 11) is 0. The molecule has 1 N–H and O–H groups in total. The SMILES string of the molecule is O=C(/C=C/c1ccc(Cl)c(Cl)c1)N1CCC[C@H]1c1nc2ccccc2[nH]1. The molecule has 1 aliphatic heterocycles. The zero-order chi connectivity index (χ0) is 18.1. The fourth-order valence-corrected chi connectivity index (χ4v) is 3.63. The number of para-hydroxylation sites is 2. The molecule has 6 heteroatoms. The second-order valence-electron chi connectivity index (χ2n) is 6.34. The van der Waals surface area contributed by atoms with Crippen LogP contribution in [0.15, 0.2) is 48.5 Å². The molecule has 0 spiro atoms. The van der Waals surface area contributed by atoms with Crippen LogP contribution in [-0.4, -0.2) is 27.3 Å². The van der Waals surface area contributed by atoms with Crippen molar-refractivity contribution in [1.29, 1.82) is 0 Å². The predicted octanol–water partition coefficient (Wildman–Crippen LogP) is 5.25. The van der Waals surface area contributed by atoms with E-state index in [1.807, 2.05) is 35.2 Å². The third kappa shape index (κ3) is 3.35. The average molecular weight is 386 g/mol. The molecule has 26 heavy (non-hydrogen) atoms. The van der Waals surface area contributed by atoms with Crippen LogP contribution < -0.4 is 0 Å². The highest BCUT2D eigenvalue weighted by atomic mass is 35.5. The van der Waals surface area contributed by atoms with Crippen molar-refractivity contribution in [3.8, 4) is 0 Å². The molecule has 0 saturated carbocycles. The number of aromatic amines is 1. The number of rotatable bonds is 3. The number of imidazole rings is 1. The van der Waals surface area contributed by atoms with E-state index >= 15 is 0 Å². The Morgan fingerprint density at radius 1 is 1.19 bits per heavy atom. The smallest absolute Gasteiger partial charge is 0.247 e. The largest absolute Gasteiger partial charge is 0.340 e. The molecule has 1 aliphatic rings. The molecule has 4 nitrogen and oxygen atoms in total. The van der Waals surface area contributed by atoms with E-state index in [1.54, 1.807) is 24.3 Å². The molecular weight excluding hydrogens is 369 g/mol. The quantitative estimate of drug-likeness (QED) is 0.626. The molecule has 1 saturated heterocycles. The Morgan fingerprint density at radius 2 is 2.04 bits per heavy atom. The average Bonchev–Trinajstić information content (AvgIpc) is 3.28. The molecule has 2 heterocycles. The number of nitrogens with one attached hydrogen (secondary N) is 1. The van der Waals surface area contributed by atoms with Crippen LogP contribution in [-0.2, 0) is 4.79 Å². The van der Waals surface area contributed by atoms with Crippen LogP contribution in [0.1, 0.15) is 30.3 Å². The van der Waals surface area contributed by atoms with Crippen LogP contribution in [0.2, 0.25) is 10.0 Å². The lowest BCUT2D eigenvalue weighted by atomic mass is 10.2. The van der Waals surface area contributed by atoms with Crippen molar-refractivity contribution in [3.63, 3.8) is 0 Å². The fraction of sp³-hybridized carbons (Fsp3) is 0.200. The first-order chi connectivity index (χ1) is 12.6. The number of fused-ring (bicyclic) bond motifs is 1. The summed E-state index contributed by atoms with van der Waals surface area (Å²) >= 11 is 12.0. The van der Waals surface area contributed by atoms with Gasteiger partial charge in [0.2, 0.25) is 5.91 Å². The summed E-state index contributed by atoms with van der Waals surface area (Å²) in [6.07, 6.45) is 5.22. The van der Waals surface area contributed by atoms with Crippen molar-refractivity contribution < 1.29 is 4.79 Å². The number of nitrogens with zero attached hydrogens (tertiary/aromatic N) is 2. The van der Waals surface area contributed by atoms with Gasteiger partial charge in [0.05, 0.1) is 27.1 Å². The second kappa shape index (κ2) is 7.14. The summed E-state index contributed by atoms with van der Waals surface area (Å²) in [5.41, 5.74) is 2.76. The number of aromatic nitrogens is 2. The van der Waals surface area contributed by atoms with Gasteiger partial charge in [0, 0.05) is 12.6 Å². The molecule has 0 radical (unpaired) electrons. The van der Waals surface area contributed by atoms with Gasteiger partial charge in [-0.15, -0.1) is 0 Å². The maximum absolute atomic E-state index is 12.7. The van der Waals surface area contributed by atoms with Gasteiger partial charge < -0.3 is 9.88 Å². The van der Waals surface area contributed by atoms with Crippen LogP contribution >= 0.6 is 23.2 Å². The van der Waals surface area contributed by atoms with E-state index in [1.165, 1.54) is 0 Å². The molecule has 2 aromatic carbocycles. The number of benzene rings is 2. The highest BCUT2D eigenvalue weighted by Gasteiger charge is 2.31. The number of hydrogen-bond donors (Lipinski definition) is 1. The lowest BCUT2D eigenvalue weighted by molar-refractivity contribution is -0.126. The monoisotopic (exact) mass is 385 g/mol. The zero-order valence-electron chi connectivity index (χ0n) is 14.0. The van der Waals surface area contributed by atoms with Crippen molar-refractivity contribution in [1.82, 2.24) is 14.9 Å². The number of carbonyl (C=O) groups is 1. The molecule has 3 aromatic rings. The summed E-state index contributed by atoms with van der Waals surface area (Å²) in [4.78, 5) is 22.6. The van der Waals surface area contributed by atoms with Crippen LogP contribution in [0, 0.1) is 0 Å². The lowest BCUT2D eigenvalue weighted by Gasteiger charge is -2.21. The normalized spacial score (nSPS) is 17.5. The Labute approximate surface area is 161 Å². The van der Waals surface area contributed by atoms with Crippen molar-refractivity contribution in [2.75, 3.05) is 6.54 Å². The first kappa shape index (κ1) is 17.1. The van der Waals surface area contributed by atoms with Crippen LogP contribution in [0.25, 0.3) is 17.1 Å². The van der Waals surface area contributed by atoms with Gasteiger partial charge in [0.25, 0.3) is 0 Å². The van der Waals surface area contributed by atoms with Gasteiger partial charge in [-0.3, -0.25) is 4.79 Å². The summed E-state index contributed by atoms with van der Waals surface area (Å²) in [5.74, 6) is 0.819. The fourth-order valence-electron chi connectivity index (χ4n) is 3.32. The molecule has 1 fully saturated rings. The molecule has 0 unspecified atom stereocenters. The van der Waals surface area contributed by atoms with Crippen molar-refractivity contribution >= 4 is 46.2 Å². The van der Waals surface area contributed by atoms with E-state index in [9.17, 15) is 4.79 Å². The third-order valence-electron chi connectivity index (χ3n) is 4.62. The van der Waals surface area contributed by atoms with E-state index < -0.39 is 0 Å². The maximum Gasteiger partial charge on any atom is 0.247 e. The summed E-state index contributed by atoms with van der Waals surface area (Å²) < 4.78 is 0. The minimum absolute atomic E-state index is 0.0200. The van der Waals surface area contributed by atoms with Gasteiger partial charge in [-0.25, -0.2) is 4.98 Å². The van der Waals surface area contributed by atoms with E-state index in [2.05, 4.69) is 9.97 Å². The summed E-state index contributed by atoms with van der Waals surface area (Å²) in [5, 5.41) is 0.974. The first-order valence-electron chi connectivity index (χ1n) is 8.50. The zero-order valence-corrected chi connectivity index (χ0v) is 15.5. The predicted molar refractivity (Wildman–Crippen MR) is 105 cm³/mol. The molecule has 0 aliphatic carbocycles. The Kier molecular flexibility index (Phi) is 4.70. The number of amides is 1. The van der Waals surface area contributed by atoms with E-state index in [0.29, 0.717) is 10.0 Å². The Balaban J connectivity index is 1.54. The standard InChI is InChI=1S/C20H17Cl2N3O/c21-14-9-7-13(12-15(14)22)8-10-19(26)25-11-3-6-18(25)20-23-16-4-1-2-5-17(16)24-20/h1-2,4-5,7-10,12,18H,3,6,11H2,(H,23,24)/b10-8+/t18-/m0/s1.